The van der Waals surface area contributed by atoms with E-state index in [0.717, 1.165) is 0 Å². The molecule has 0 spiro atoms. The molecule has 90 valence electrons. The molecule has 0 fully saturated rings. The summed E-state index contributed by atoms with van der Waals surface area (Å²) in [4.78, 5) is 0. The molecule has 0 heterocycles. The minimum Gasteiger partial charge on any atom is -0.387 e. The highest BCUT2D eigenvalue weighted by atomic mass is 19.4. The summed E-state index contributed by atoms with van der Waals surface area (Å²) >= 11 is 0. The van der Waals surface area contributed by atoms with E-state index >= 15 is 0 Å². The number of nitrogens with one attached hydrogen (secondary N) is 1. The highest BCUT2D eigenvalue weighted by molar-refractivity contribution is 5.80. The molecular weight excluding hydrogens is 230 g/mol. The topological polar surface area (TPSA) is 59.1 Å². The Balaban J connectivity index is 4.17. The number of halogens is 6. The Morgan fingerprint density at radius 1 is 1.20 bits per heavy atom. The molecule has 0 aromatic heterocycles. The maximum atomic E-state index is 12.0. The SMILES string of the molecule is N=C(N)C(COCC(F)(F)F)C(F)(F)F. The fraction of sp³-hybridized carbons (Fsp3) is 0.833. The van der Waals surface area contributed by atoms with E-state index in [2.05, 4.69) is 10.5 Å². The molecule has 1 atom stereocenters. The van der Waals surface area contributed by atoms with Gasteiger partial charge in [0.2, 0.25) is 0 Å². The smallest absolute Gasteiger partial charge is 0.387 e. The van der Waals surface area contributed by atoms with Gasteiger partial charge >= 0.3 is 12.4 Å². The second-order valence-electron chi connectivity index (χ2n) is 2.68. The predicted molar refractivity (Wildman–Crippen MR) is 38.3 cm³/mol. The molecule has 0 amide bonds. The summed E-state index contributed by atoms with van der Waals surface area (Å²) in [6.07, 6.45) is -9.58. The van der Waals surface area contributed by atoms with Crippen molar-refractivity contribution in [2.75, 3.05) is 13.2 Å². The Morgan fingerprint density at radius 2 is 1.67 bits per heavy atom. The van der Waals surface area contributed by atoms with Crippen molar-refractivity contribution in [3.63, 3.8) is 0 Å². The van der Waals surface area contributed by atoms with E-state index in [9.17, 15) is 26.3 Å². The van der Waals surface area contributed by atoms with Gasteiger partial charge in [0, 0.05) is 0 Å². The first-order valence-electron chi connectivity index (χ1n) is 3.59. The van der Waals surface area contributed by atoms with Gasteiger partial charge in [-0.15, -0.1) is 0 Å². The van der Waals surface area contributed by atoms with Crippen molar-refractivity contribution in [2.45, 2.75) is 12.4 Å². The highest BCUT2D eigenvalue weighted by Gasteiger charge is 2.42. The molecule has 1 unspecified atom stereocenters. The summed E-state index contributed by atoms with van der Waals surface area (Å²) < 4.78 is 74.3. The maximum Gasteiger partial charge on any atom is 0.411 e. The number of amidine groups is 1. The molecule has 0 saturated carbocycles. The lowest BCUT2D eigenvalue weighted by Crippen LogP contribution is -2.39. The Bertz CT molecular complexity index is 223. The zero-order valence-corrected chi connectivity index (χ0v) is 7.24. The molecule has 3 N–H and O–H groups in total. The first-order valence-corrected chi connectivity index (χ1v) is 3.59. The summed E-state index contributed by atoms with van der Waals surface area (Å²) in [7, 11) is 0. The third kappa shape index (κ3) is 6.15. The first-order chi connectivity index (χ1) is 6.54. The van der Waals surface area contributed by atoms with Gasteiger partial charge in [-0.1, -0.05) is 0 Å². The molecular formula is C6H8F6N2O. The molecule has 0 aliphatic heterocycles. The van der Waals surface area contributed by atoms with Crippen molar-refractivity contribution in [1.82, 2.24) is 0 Å². The lowest BCUT2D eigenvalue weighted by atomic mass is 10.1. The van der Waals surface area contributed by atoms with Crippen LogP contribution in [0.3, 0.4) is 0 Å². The van der Waals surface area contributed by atoms with Crippen molar-refractivity contribution in [2.24, 2.45) is 11.7 Å². The van der Waals surface area contributed by atoms with Crippen LogP contribution in [-0.2, 0) is 4.74 Å². The summed E-state index contributed by atoms with van der Waals surface area (Å²) in [6, 6.07) is 0. The van der Waals surface area contributed by atoms with E-state index in [1.807, 2.05) is 0 Å². The normalized spacial score (nSPS) is 15.1. The first kappa shape index (κ1) is 14.0. The molecule has 0 saturated heterocycles. The van der Waals surface area contributed by atoms with Crippen LogP contribution in [0.1, 0.15) is 0 Å². The Hall–Kier alpha value is -0.990. The molecule has 0 aliphatic rings. The standard InChI is InChI=1S/C6H8F6N2O/c7-5(8,9)2-15-1-3(4(13)14)6(10,11)12/h3H,1-2H2,(H3,13,14). The van der Waals surface area contributed by atoms with Crippen molar-refractivity contribution in [1.29, 1.82) is 5.41 Å². The number of hydrogen-bond acceptors (Lipinski definition) is 2. The maximum absolute atomic E-state index is 12.0. The second kappa shape index (κ2) is 4.69. The van der Waals surface area contributed by atoms with Gasteiger partial charge in [0.25, 0.3) is 0 Å². The van der Waals surface area contributed by atoms with Crippen LogP contribution in [0, 0.1) is 11.3 Å². The van der Waals surface area contributed by atoms with Crippen LogP contribution in [0.15, 0.2) is 0 Å². The van der Waals surface area contributed by atoms with E-state index in [4.69, 9.17) is 5.41 Å². The van der Waals surface area contributed by atoms with Crippen molar-refractivity contribution < 1.29 is 31.1 Å². The second-order valence-corrected chi connectivity index (χ2v) is 2.68. The van der Waals surface area contributed by atoms with Gasteiger partial charge in [-0.3, -0.25) is 5.41 Å². The molecule has 15 heavy (non-hydrogen) atoms. The number of alkyl halides is 6. The largest absolute Gasteiger partial charge is 0.411 e. The summed E-state index contributed by atoms with van der Waals surface area (Å²) in [5.74, 6) is -3.77. The Labute approximate surface area is 80.7 Å². The average molecular weight is 238 g/mol. The van der Waals surface area contributed by atoms with Gasteiger partial charge in [0.15, 0.2) is 0 Å². The third-order valence-corrected chi connectivity index (χ3v) is 1.32. The summed E-state index contributed by atoms with van der Waals surface area (Å²) in [6.45, 7) is -3.11. The predicted octanol–water partition coefficient (Wildman–Crippen LogP) is 1.68. The van der Waals surface area contributed by atoms with Gasteiger partial charge in [-0.2, -0.15) is 26.3 Å². The third-order valence-electron chi connectivity index (χ3n) is 1.32. The lowest BCUT2D eigenvalue weighted by Gasteiger charge is -2.19. The average Bonchev–Trinajstić information content (AvgIpc) is 1.92. The molecule has 0 aliphatic carbocycles. The number of ether oxygens (including phenoxy) is 1. The molecule has 0 radical (unpaired) electrons. The monoisotopic (exact) mass is 238 g/mol. The van der Waals surface area contributed by atoms with Gasteiger partial charge in [-0.25, -0.2) is 0 Å². The van der Waals surface area contributed by atoms with E-state index in [0.29, 0.717) is 0 Å². The van der Waals surface area contributed by atoms with Crippen LogP contribution in [0.4, 0.5) is 26.3 Å². The minimum atomic E-state index is -4.88. The Kier molecular flexibility index (Phi) is 4.38. The molecule has 0 aromatic rings. The summed E-state index contributed by atoms with van der Waals surface area (Å²) in [5, 5.41) is 6.54. The van der Waals surface area contributed by atoms with E-state index < -0.39 is 37.3 Å². The minimum absolute atomic E-state index is 1.27. The fourth-order valence-corrected chi connectivity index (χ4v) is 0.653. The highest BCUT2D eigenvalue weighted by Crippen LogP contribution is 2.27. The van der Waals surface area contributed by atoms with Crippen molar-refractivity contribution in [3.8, 4) is 0 Å². The quantitative estimate of drug-likeness (QED) is 0.444. The van der Waals surface area contributed by atoms with Gasteiger partial charge in [0.05, 0.1) is 6.61 Å². The molecule has 0 rings (SSSR count). The molecule has 0 bridgehead atoms. The van der Waals surface area contributed by atoms with E-state index in [-0.39, 0.29) is 0 Å². The van der Waals surface area contributed by atoms with Crippen molar-refractivity contribution in [3.05, 3.63) is 0 Å². The zero-order chi connectivity index (χ0) is 12.3. The van der Waals surface area contributed by atoms with Crippen LogP contribution >= 0.6 is 0 Å². The Morgan fingerprint density at radius 3 is 1.93 bits per heavy atom. The lowest BCUT2D eigenvalue weighted by molar-refractivity contribution is -0.199. The van der Waals surface area contributed by atoms with Gasteiger partial charge < -0.3 is 10.5 Å². The molecule has 9 heteroatoms. The molecule has 3 nitrogen and oxygen atoms in total. The summed E-state index contributed by atoms with van der Waals surface area (Å²) in [5.41, 5.74) is 4.57. The number of rotatable bonds is 4. The van der Waals surface area contributed by atoms with Gasteiger partial charge in [0.1, 0.15) is 18.4 Å². The van der Waals surface area contributed by atoms with Crippen LogP contribution in [-0.4, -0.2) is 31.4 Å². The fourth-order valence-electron chi connectivity index (χ4n) is 0.653. The zero-order valence-electron chi connectivity index (χ0n) is 7.24. The van der Waals surface area contributed by atoms with Crippen LogP contribution in [0.2, 0.25) is 0 Å². The number of hydrogen-bond donors (Lipinski definition) is 2. The van der Waals surface area contributed by atoms with E-state index in [1.165, 1.54) is 0 Å². The number of nitrogens with two attached hydrogens (primary N) is 1. The van der Waals surface area contributed by atoms with Gasteiger partial charge in [-0.05, 0) is 0 Å². The van der Waals surface area contributed by atoms with Crippen molar-refractivity contribution >= 4 is 5.84 Å². The van der Waals surface area contributed by atoms with Crippen LogP contribution in [0.5, 0.6) is 0 Å². The van der Waals surface area contributed by atoms with Crippen LogP contribution < -0.4 is 5.73 Å². The molecule has 0 aromatic carbocycles. The van der Waals surface area contributed by atoms with Crippen LogP contribution in [0.25, 0.3) is 0 Å². The van der Waals surface area contributed by atoms with E-state index in [1.54, 1.807) is 0 Å².